The molecule has 1 amide bonds. The number of aryl methyl sites for hydroxylation is 1. The Morgan fingerprint density at radius 2 is 2.17 bits per heavy atom. The van der Waals surface area contributed by atoms with Crippen LogP contribution in [0.1, 0.15) is 34.6 Å². The van der Waals surface area contributed by atoms with E-state index in [0.29, 0.717) is 5.69 Å². The molecule has 2 aromatic heterocycles. The molecule has 0 spiro atoms. The van der Waals surface area contributed by atoms with Crippen molar-refractivity contribution < 1.29 is 4.79 Å². The summed E-state index contributed by atoms with van der Waals surface area (Å²) in [4.78, 5) is 23.4. The van der Waals surface area contributed by atoms with E-state index < -0.39 is 0 Å². The van der Waals surface area contributed by atoms with E-state index in [4.69, 9.17) is 5.73 Å². The lowest BCUT2D eigenvalue weighted by atomic mass is 10.1. The molecule has 0 bridgehead atoms. The molecule has 7 heteroatoms. The van der Waals surface area contributed by atoms with Crippen LogP contribution in [0.2, 0.25) is 0 Å². The van der Waals surface area contributed by atoms with Gasteiger partial charge in [-0.25, -0.2) is 4.98 Å². The van der Waals surface area contributed by atoms with Gasteiger partial charge in [-0.1, -0.05) is 6.07 Å². The van der Waals surface area contributed by atoms with Crippen molar-refractivity contribution in [2.45, 2.75) is 32.4 Å². The van der Waals surface area contributed by atoms with Crippen molar-refractivity contribution in [2.24, 2.45) is 5.73 Å². The molecule has 1 atom stereocenters. The number of nitrogens with two attached hydrogens (primary N) is 1. The molecular formula is C22H26N6O. The maximum atomic E-state index is 12.6. The van der Waals surface area contributed by atoms with E-state index in [9.17, 15) is 4.79 Å². The first-order chi connectivity index (χ1) is 14.1. The number of carbonyl (C=O) groups excluding carboxylic acids is 1. The Kier molecular flexibility index (Phi) is 5.69. The molecule has 1 unspecified atom stereocenters. The van der Waals surface area contributed by atoms with Crippen molar-refractivity contribution in [3.05, 3.63) is 72.1 Å². The third-order valence-electron chi connectivity index (χ3n) is 5.09. The van der Waals surface area contributed by atoms with Crippen LogP contribution in [-0.2, 0) is 6.54 Å². The minimum Gasteiger partial charge on any atom is -0.327 e. The summed E-state index contributed by atoms with van der Waals surface area (Å²) in [6.45, 7) is 4.68. The van der Waals surface area contributed by atoms with E-state index in [1.54, 1.807) is 30.7 Å². The summed E-state index contributed by atoms with van der Waals surface area (Å²) in [5.41, 5.74) is 10.3. The summed E-state index contributed by atoms with van der Waals surface area (Å²) in [6.07, 6.45) is 7.57. The number of hydrogen-bond acceptors (Lipinski definition) is 5. The number of nitrogens with zero attached hydrogens (tertiary/aromatic N) is 4. The Balaban J connectivity index is 1.61. The molecule has 1 fully saturated rings. The Labute approximate surface area is 170 Å². The first-order valence-corrected chi connectivity index (χ1v) is 9.92. The zero-order valence-corrected chi connectivity index (χ0v) is 16.6. The van der Waals surface area contributed by atoms with Gasteiger partial charge in [0.25, 0.3) is 5.91 Å². The molecule has 1 aliphatic rings. The summed E-state index contributed by atoms with van der Waals surface area (Å²) in [6, 6.07) is 11.6. The quantitative estimate of drug-likeness (QED) is 0.699. The highest BCUT2D eigenvalue weighted by molar-refractivity contribution is 6.03. The second-order valence-corrected chi connectivity index (χ2v) is 7.62. The summed E-state index contributed by atoms with van der Waals surface area (Å²) in [5, 5.41) is 2.98. The largest absolute Gasteiger partial charge is 0.327 e. The zero-order valence-electron chi connectivity index (χ0n) is 16.6. The molecule has 0 aliphatic carbocycles. The number of amides is 1. The van der Waals surface area contributed by atoms with E-state index in [1.807, 2.05) is 29.8 Å². The van der Waals surface area contributed by atoms with Crippen molar-refractivity contribution in [2.75, 3.05) is 18.4 Å². The van der Waals surface area contributed by atoms with Gasteiger partial charge in [-0.2, -0.15) is 0 Å². The van der Waals surface area contributed by atoms with Gasteiger partial charge in [0.15, 0.2) is 0 Å². The predicted octanol–water partition coefficient (Wildman–Crippen LogP) is 2.75. The molecule has 3 heterocycles. The highest BCUT2D eigenvalue weighted by Crippen LogP contribution is 2.22. The van der Waals surface area contributed by atoms with Gasteiger partial charge < -0.3 is 15.6 Å². The number of carbonyl (C=O) groups is 1. The molecule has 3 N–H and O–H groups in total. The van der Waals surface area contributed by atoms with Gasteiger partial charge in [-0.15, -0.1) is 0 Å². The Bertz CT molecular complexity index is 984. The van der Waals surface area contributed by atoms with Crippen LogP contribution < -0.4 is 11.1 Å². The molecule has 3 aromatic rings. The number of benzene rings is 1. The van der Waals surface area contributed by atoms with Gasteiger partial charge in [0.05, 0.1) is 12.0 Å². The average Bonchev–Trinajstić information content (AvgIpc) is 3.15. The van der Waals surface area contributed by atoms with Crippen molar-refractivity contribution in [1.82, 2.24) is 19.4 Å². The SMILES string of the molecule is Cc1cn(-c2cc(CN3CCCC(N)C3)cc(NC(=O)c3ccccn3)c2)cn1. The Morgan fingerprint density at radius 1 is 1.28 bits per heavy atom. The number of piperidine rings is 1. The highest BCUT2D eigenvalue weighted by Gasteiger charge is 2.17. The van der Waals surface area contributed by atoms with Gasteiger partial charge in [-0.05, 0) is 62.2 Å². The monoisotopic (exact) mass is 390 g/mol. The fraction of sp³-hybridized carbons (Fsp3) is 0.318. The number of likely N-dealkylation sites (tertiary alicyclic amines) is 1. The van der Waals surface area contributed by atoms with Crippen LogP contribution in [-0.4, -0.2) is 44.5 Å². The fourth-order valence-corrected chi connectivity index (χ4v) is 3.73. The van der Waals surface area contributed by atoms with Crippen molar-refractivity contribution in [3.63, 3.8) is 0 Å². The van der Waals surface area contributed by atoms with Crippen molar-refractivity contribution >= 4 is 11.6 Å². The zero-order chi connectivity index (χ0) is 20.2. The maximum absolute atomic E-state index is 12.6. The molecule has 7 nitrogen and oxygen atoms in total. The Hall–Kier alpha value is -3.03. The second-order valence-electron chi connectivity index (χ2n) is 7.62. The normalized spacial score (nSPS) is 17.2. The first kappa shape index (κ1) is 19.3. The molecular weight excluding hydrogens is 364 g/mol. The van der Waals surface area contributed by atoms with E-state index in [1.165, 1.54) is 0 Å². The van der Waals surface area contributed by atoms with Gasteiger partial charge in [0, 0.05) is 42.9 Å². The predicted molar refractivity (Wildman–Crippen MR) is 113 cm³/mol. The van der Waals surface area contributed by atoms with Gasteiger partial charge >= 0.3 is 0 Å². The standard InChI is InChI=1S/C22H26N6O/c1-16-12-28(15-25-16)20-10-17(13-27-8-4-5-18(23)14-27)9-19(11-20)26-22(29)21-6-2-3-7-24-21/h2-3,6-7,9-12,15,18H,4-5,8,13-14,23H2,1H3,(H,26,29). The number of nitrogens with one attached hydrogen (secondary N) is 1. The maximum Gasteiger partial charge on any atom is 0.274 e. The van der Waals surface area contributed by atoms with E-state index in [2.05, 4.69) is 26.3 Å². The number of pyridine rings is 1. The minimum atomic E-state index is -0.226. The molecule has 1 aromatic carbocycles. The number of hydrogen-bond donors (Lipinski definition) is 2. The third-order valence-corrected chi connectivity index (χ3v) is 5.09. The molecule has 4 rings (SSSR count). The van der Waals surface area contributed by atoms with Gasteiger partial charge in [-0.3, -0.25) is 14.7 Å². The lowest BCUT2D eigenvalue weighted by Gasteiger charge is -2.30. The van der Waals surface area contributed by atoms with Crippen molar-refractivity contribution in [1.29, 1.82) is 0 Å². The van der Waals surface area contributed by atoms with Crippen LogP contribution in [0.5, 0.6) is 0 Å². The summed E-state index contributed by atoms with van der Waals surface area (Å²) in [7, 11) is 0. The molecule has 150 valence electrons. The van der Waals surface area contributed by atoms with E-state index >= 15 is 0 Å². The van der Waals surface area contributed by atoms with Crippen LogP contribution >= 0.6 is 0 Å². The summed E-state index contributed by atoms with van der Waals surface area (Å²) in [5.74, 6) is -0.226. The number of aromatic nitrogens is 3. The van der Waals surface area contributed by atoms with Crippen LogP contribution in [0.25, 0.3) is 5.69 Å². The number of anilines is 1. The fourth-order valence-electron chi connectivity index (χ4n) is 3.73. The van der Waals surface area contributed by atoms with Crippen LogP contribution in [0.4, 0.5) is 5.69 Å². The third kappa shape index (κ3) is 4.88. The first-order valence-electron chi connectivity index (χ1n) is 9.92. The Morgan fingerprint density at radius 3 is 2.90 bits per heavy atom. The molecule has 1 aliphatic heterocycles. The average molecular weight is 390 g/mol. The van der Waals surface area contributed by atoms with Gasteiger partial charge in [0.2, 0.25) is 0 Å². The molecule has 0 saturated carbocycles. The summed E-state index contributed by atoms with van der Waals surface area (Å²) < 4.78 is 1.97. The van der Waals surface area contributed by atoms with Crippen LogP contribution in [0.3, 0.4) is 0 Å². The van der Waals surface area contributed by atoms with E-state index in [-0.39, 0.29) is 11.9 Å². The second kappa shape index (κ2) is 8.55. The summed E-state index contributed by atoms with van der Waals surface area (Å²) >= 11 is 0. The van der Waals surface area contributed by atoms with Crippen LogP contribution in [0.15, 0.2) is 55.1 Å². The van der Waals surface area contributed by atoms with Crippen LogP contribution in [0, 0.1) is 6.92 Å². The lowest BCUT2D eigenvalue weighted by molar-refractivity contribution is 0.102. The number of rotatable bonds is 5. The number of imidazole rings is 1. The molecule has 1 saturated heterocycles. The minimum absolute atomic E-state index is 0.226. The highest BCUT2D eigenvalue weighted by atomic mass is 16.1. The smallest absolute Gasteiger partial charge is 0.274 e. The van der Waals surface area contributed by atoms with Gasteiger partial charge in [0.1, 0.15) is 5.69 Å². The molecule has 29 heavy (non-hydrogen) atoms. The molecule has 0 radical (unpaired) electrons. The topological polar surface area (TPSA) is 89.1 Å². The van der Waals surface area contributed by atoms with E-state index in [0.717, 1.165) is 55.1 Å². The lowest BCUT2D eigenvalue weighted by Crippen LogP contribution is -2.42. The van der Waals surface area contributed by atoms with Crippen molar-refractivity contribution in [3.8, 4) is 5.69 Å².